The summed E-state index contributed by atoms with van der Waals surface area (Å²) in [5.41, 5.74) is 4.63. The van der Waals surface area contributed by atoms with Gasteiger partial charge in [-0.1, -0.05) is 29.8 Å². The van der Waals surface area contributed by atoms with Gasteiger partial charge in [-0.3, -0.25) is 19.3 Å². The van der Waals surface area contributed by atoms with E-state index in [-0.39, 0.29) is 43.7 Å². The fourth-order valence-corrected chi connectivity index (χ4v) is 3.40. The Morgan fingerprint density at radius 1 is 1.00 bits per heavy atom. The third-order valence-corrected chi connectivity index (χ3v) is 4.69. The van der Waals surface area contributed by atoms with Crippen molar-refractivity contribution >= 4 is 23.4 Å². The number of amides is 3. The van der Waals surface area contributed by atoms with Crippen LogP contribution in [0.25, 0.3) is 0 Å². The zero-order valence-electron chi connectivity index (χ0n) is 16.4. The molecule has 0 atom stereocenters. The Kier molecular flexibility index (Phi) is 5.78. The van der Waals surface area contributed by atoms with Crippen molar-refractivity contribution in [3.8, 4) is 5.75 Å². The number of carbonyl (C=O) groups is 3. The van der Waals surface area contributed by atoms with Gasteiger partial charge >= 0.3 is 0 Å². The lowest BCUT2D eigenvalue weighted by Crippen LogP contribution is -2.28. The third-order valence-electron chi connectivity index (χ3n) is 4.69. The Morgan fingerprint density at radius 2 is 1.57 bits per heavy atom. The molecule has 0 saturated carbocycles. The molecule has 3 amide bonds. The SMILES string of the molecule is Cc1cc(C)c(OCC(=O)Nc2ccc(CN3C(=O)CCC3=O)cc2)c(C)c1. The summed E-state index contributed by atoms with van der Waals surface area (Å²) in [5, 5.41) is 2.79. The normalized spacial score (nSPS) is 13.8. The van der Waals surface area contributed by atoms with Crippen LogP contribution < -0.4 is 10.1 Å². The fraction of sp³-hybridized carbons (Fsp3) is 0.318. The second-order valence-electron chi connectivity index (χ2n) is 7.14. The van der Waals surface area contributed by atoms with Gasteiger partial charge in [-0.05, 0) is 49.6 Å². The standard InChI is InChI=1S/C22H24N2O4/c1-14-10-15(2)22(16(3)11-14)28-13-19(25)23-18-6-4-17(5-7-18)12-24-20(26)8-9-21(24)27/h4-7,10-11H,8-9,12-13H2,1-3H3,(H,23,25). The highest BCUT2D eigenvalue weighted by atomic mass is 16.5. The monoisotopic (exact) mass is 380 g/mol. The number of rotatable bonds is 6. The van der Waals surface area contributed by atoms with Gasteiger partial charge in [0.05, 0.1) is 6.54 Å². The van der Waals surface area contributed by atoms with Crippen molar-refractivity contribution in [1.29, 1.82) is 0 Å². The molecule has 0 aromatic heterocycles. The second kappa shape index (κ2) is 8.25. The molecular formula is C22H24N2O4. The molecule has 28 heavy (non-hydrogen) atoms. The van der Waals surface area contributed by atoms with Crippen molar-refractivity contribution in [1.82, 2.24) is 4.90 Å². The number of benzene rings is 2. The molecule has 0 radical (unpaired) electrons. The molecule has 1 fully saturated rings. The quantitative estimate of drug-likeness (QED) is 0.781. The number of carbonyl (C=O) groups excluding carboxylic acids is 3. The Morgan fingerprint density at radius 3 is 2.14 bits per heavy atom. The Labute approximate surface area is 164 Å². The zero-order chi connectivity index (χ0) is 20.3. The van der Waals surface area contributed by atoms with Crippen LogP contribution in [0.1, 0.15) is 35.1 Å². The van der Waals surface area contributed by atoms with E-state index >= 15 is 0 Å². The van der Waals surface area contributed by atoms with Crippen LogP contribution in [-0.2, 0) is 20.9 Å². The lowest BCUT2D eigenvalue weighted by molar-refractivity contribution is -0.139. The number of anilines is 1. The molecule has 6 nitrogen and oxygen atoms in total. The van der Waals surface area contributed by atoms with Gasteiger partial charge in [0, 0.05) is 18.5 Å². The van der Waals surface area contributed by atoms with Gasteiger partial charge in [0.2, 0.25) is 11.8 Å². The van der Waals surface area contributed by atoms with Crippen LogP contribution in [-0.4, -0.2) is 29.2 Å². The van der Waals surface area contributed by atoms with Crippen LogP contribution in [0.2, 0.25) is 0 Å². The highest BCUT2D eigenvalue weighted by Crippen LogP contribution is 2.24. The second-order valence-corrected chi connectivity index (χ2v) is 7.14. The average molecular weight is 380 g/mol. The predicted molar refractivity (Wildman–Crippen MR) is 106 cm³/mol. The van der Waals surface area contributed by atoms with E-state index < -0.39 is 0 Å². The molecule has 0 bridgehead atoms. The lowest BCUT2D eigenvalue weighted by Gasteiger charge is -2.15. The van der Waals surface area contributed by atoms with Crippen molar-refractivity contribution in [3.05, 3.63) is 58.7 Å². The smallest absolute Gasteiger partial charge is 0.262 e. The van der Waals surface area contributed by atoms with Gasteiger partial charge in [0.25, 0.3) is 5.91 Å². The summed E-state index contributed by atoms with van der Waals surface area (Å²) >= 11 is 0. The topological polar surface area (TPSA) is 75.7 Å². The molecule has 2 aromatic carbocycles. The van der Waals surface area contributed by atoms with Gasteiger partial charge < -0.3 is 10.1 Å². The summed E-state index contributed by atoms with van der Waals surface area (Å²) in [5.74, 6) is 0.204. The van der Waals surface area contributed by atoms with Crippen LogP contribution >= 0.6 is 0 Å². The molecule has 146 valence electrons. The number of likely N-dealkylation sites (tertiary alicyclic amines) is 1. The molecular weight excluding hydrogens is 356 g/mol. The van der Waals surface area contributed by atoms with Gasteiger partial charge in [-0.2, -0.15) is 0 Å². The summed E-state index contributed by atoms with van der Waals surface area (Å²) in [6.45, 7) is 6.13. The number of nitrogens with one attached hydrogen (secondary N) is 1. The first kappa shape index (κ1) is 19.6. The maximum Gasteiger partial charge on any atom is 0.262 e. The molecule has 1 N–H and O–H groups in total. The zero-order valence-corrected chi connectivity index (χ0v) is 16.4. The molecule has 6 heteroatoms. The molecule has 3 rings (SSSR count). The maximum atomic E-state index is 12.2. The van der Waals surface area contributed by atoms with Crippen molar-refractivity contribution in [3.63, 3.8) is 0 Å². The Hall–Kier alpha value is -3.15. The van der Waals surface area contributed by atoms with Crippen LogP contribution in [0.3, 0.4) is 0 Å². The summed E-state index contributed by atoms with van der Waals surface area (Å²) in [6.07, 6.45) is 0.569. The predicted octanol–water partition coefficient (Wildman–Crippen LogP) is 3.28. The molecule has 2 aromatic rings. The minimum absolute atomic E-state index is 0.0801. The molecule has 0 spiro atoms. The first-order chi connectivity index (χ1) is 13.3. The number of hydrogen-bond acceptors (Lipinski definition) is 4. The Bertz CT molecular complexity index is 880. The largest absolute Gasteiger partial charge is 0.483 e. The number of hydrogen-bond donors (Lipinski definition) is 1. The minimum Gasteiger partial charge on any atom is -0.483 e. The van der Waals surface area contributed by atoms with E-state index in [0.717, 1.165) is 28.0 Å². The molecule has 0 unspecified atom stereocenters. The summed E-state index contributed by atoms with van der Waals surface area (Å²) in [4.78, 5) is 36.8. The summed E-state index contributed by atoms with van der Waals surface area (Å²) in [6, 6.07) is 11.1. The van der Waals surface area contributed by atoms with Crippen LogP contribution in [0.15, 0.2) is 36.4 Å². The number of ether oxygens (including phenoxy) is 1. The van der Waals surface area contributed by atoms with Gasteiger partial charge in [0.1, 0.15) is 5.75 Å². The van der Waals surface area contributed by atoms with E-state index in [0.29, 0.717) is 5.69 Å². The molecule has 1 aliphatic heterocycles. The van der Waals surface area contributed by atoms with E-state index in [1.165, 1.54) is 4.90 Å². The number of nitrogens with zero attached hydrogens (tertiary/aromatic N) is 1. The van der Waals surface area contributed by atoms with Crippen molar-refractivity contribution in [2.45, 2.75) is 40.2 Å². The third kappa shape index (κ3) is 4.57. The van der Waals surface area contributed by atoms with Gasteiger partial charge in [0.15, 0.2) is 6.61 Å². The van der Waals surface area contributed by atoms with E-state index in [2.05, 4.69) is 5.32 Å². The average Bonchev–Trinajstić information content (AvgIpc) is 2.94. The summed E-state index contributed by atoms with van der Waals surface area (Å²) < 4.78 is 5.70. The highest BCUT2D eigenvalue weighted by molar-refractivity contribution is 6.01. The van der Waals surface area contributed by atoms with E-state index in [4.69, 9.17) is 4.74 Å². The number of imide groups is 1. The minimum atomic E-state index is -0.253. The first-order valence-electron chi connectivity index (χ1n) is 9.26. The molecule has 1 heterocycles. The van der Waals surface area contributed by atoms with Crippen molar-refractivity contribution in [2.24, 2.45) is 0 Å². The highest BCUT2D eigenvalue weighted by Gasteiger charge is 2.28. The van der Waals surface area contributed by atoms with Crippen LogP contribution in [0.4, 0.5) is 5.69 Å². The fourth-order valence-electron chi connectivity index (χ4n) is 3.40. The number of aryl methyl sites for hydroxylation is 3. The molecule has 1 saturated heterocycles. The van der Waals surface area contributed by atoms with E-state index in [1.54, 1.807) is 24.3 Å². The van der Waals surface area contributed by atoms with E-state index in [9.17, 15) is 14.4 Å². The lowest BCUT2D eigenvalue weighted by atomic mass is 10.1. The first-order valence-corrected chi connectivity index (χ1v) is 9.26. The van der Waals surface area contributed by atoms with Gasteiger partial charge in [-0.25, -0.2) is 0 Å². The Balaban J connectivity index is 1.55. The molecule has 1 aliphatic rings. The van der Waals surface area contributed by atoms with E-state index in [1.807, 2.05) is 32.9 Å². The van der Waals surface area contributed by atoms with Crippen molar-refractivity contribution < 1.29 is 19.1 Å². The summed E-state index contributed by atoms with van der Waals surface area (Å²) in [7, 11) is 0. The maximum absolute atomic E-state index is 12.2. The molecule has 0 aliphatic carbocycles. The van der Waals surface area contributed by atoms with Crippen molar-refractivity contribution in [2.75, 3.05) is 11.9 Å². The van der Waals surface area contributed by atoms with Crippen LogP contribution in [0, 0.1) is 20.8 Å². The van der Waals surface area contributed by atoms with Gasteiger partial charge in [-0.15, -0.1) is 0 Å². The van der Waals surface area contributed by atoms with Crippen LogP contribution in [0.5, 0.6) is 5.75 Å².